The lowest BCUT2D eigenvalue weighted by molar-refractivity contribution is -0.144. The van der Waals surface area contributed by atoms with Crippen molar-refractivity contribution in [3.05, 3.63) is 46.8 Å². The van der Waals surface area contributed by atoms with E-state index < -0.39 is 18.0 Å². The van der Waals surface area contributed by atoms with Gasteiger partial charge in [0, 0.05) is 0 Å². The second-order valence-corrected chi connectivity index (χ2v) is 5.21. The number of fused-ring (bicyclic) bond motifs is 1. The Hall–Kier alpha value is -2.28. The van der Waals surface area contributed by atoms with Crippen LogP contribution in [0.15, 0.2) is 45.5 Å². The number of halogens is 1. The van der Waals surface area contributed by atoms with Crippen molar-refractivity contribution >= 4 is 33.5 Å². The highest BCUT2D eigenvalue weighted by Crippen LogP contribution is 2.34. The molecule has 0 spiro atoms. The zero-order chi connectivity index (χ0) is 15.0. The molecule has 0 fully saturated rings. The van der Waals surface area contributed by atoms with Gasteiger partial charge < -0.3 is 14.3 Å². The van der Waals surface area contributed by atoms with Crippen LogP contribution in [0.25, 0.3) is 0 Å². The van der Waals surface area contributed by atoms with Gasteiger partial charge in [-0.05, 0) is 40.2 Å². The van der Waals surface area contributed by atoms with Crippen LogP contribution in [0.5, 0.6) is 5.75 Å². The summed E-state index contributed by atoms with van der Waals surface area (Å²) in [6.45, 7) is -0.0799. The molecule has 0 bridgehead atoms. The number of benzene rings is 1. The smallest absolute Gasteiger partial charge is 0.346 e. The summed E-state index contributed by atoms with van der Waals surface area (Å²) in [5.74, 6) is -1.05. The number of carboxylic acid groups (broad SMARTS) is 1. The van der Waals surface area contributed by atoms with E-state index in [-0.39, 0.29) is 12.3 Å². The van der Waals surface area contributed by atoms with Crippen molar-refractivity contribution in [1.82, 2.24) is 0 Å². The Bertz CT molecular complexity index is 711. The van der Waals surface area contributed by atoms with E-state index in [2.05, 4.69) is 15.9 Å². The zero-order valence-corrected chi connectivity index (χ0v) is 12.2. The Kier molecular flexibility index (Phi) is 3.42. The first kappa shape index (κ1) is 13.7. The molecule has 3 rings (SSSR count). The molecule has 1 N–H and O–H groups in total. The third-order valence-corrected chi connectivity index (χ3v) is 3.50. The van der Waals surface area contributed by atoms with Crippen molar-refractivity contribution in [3.63, 3.8) is 0 Å². The summed E-state index contributed by atoms with van der Waals surface area (Å²) < 4.78 is 11.1. The third-order valence-electron chi connectivity index (χ3n) is 3.08. The van der Waals surface area contributed by atoms with Crippen LogP contribution in [0, 0.1) is 0 Å². The second kappa shape index (κ2) is 5.25. The summed E-state index contributed by atoms with van der Waals surface area (Å²) in [6, 6.07) is 9.93. The van der Waals surface area contributed by atoms with E-state index in [1.54, 1.807) is 30.3 Å². The summed E-state index contributed by atoms with van der Waals surface area (Å²) in [4.78, 5) is 25.0. The number of para-hydroxylation sites is 2. The Morgan fingerprint density at radius 3 is 2.67 bits per heavy atom. The van der Waals surface area contributed by atoms with Crippen LogP contribution in [0.4, 0.5) is 5.69 Å². The minimum Gasteiger partial charge on any atom is -0.478 e. The van der Waals surface area contributed by atoms with Crippen molar-refractivity contribution in [2.24, 2.45) is 0 Å². The molecule has 108 valence electrons. The minimum absolute atomic E-state index is 0.0799. The molecule has 0 aliphatic carbocycles. The van der Waals surface area contributed by atoms with Gasteiger partial charge in [-0.2, -0.15) is 0 Å². The molecule has 1 atom stereocenters. The molecule has 1 aliphatic rings. The van der Waals surface area contributed by atoms with Gasteiger partial charge in [0.1, 0.15) is 5.75 Å². The molecule has 1 aromatic carbocycles. The fourth-order valence-corrected chi connectivity index (χ4v) is 2.42. The van der Waals surface area contributed by atoms with Crippen molar-refractivity contribution < 1.29 is 23.8 Å². The Morgan fingerprint density at radius 2 is 2.00 bits per heavy atom. The molecule has 6 nitrogen and oxygen atoms in total. The molecule has 2 heterocycles. The number of aliphatic carboxylic acids is 1. The lowest BCUT2D eigenvalue weighted by atomic mass is 10.1. The molecule has 21 heavy (non-hydrogen) atoms. The predicted molar refractivity (Wildman–Crippen MR) is 76.6 cm³/mol. The molecule has 2 aromatic rings. The molecule has 0 saturated heterocycles. The summed E-state index contributed by atoms with van der Waals surface area (Å²) in [6.07, 6.45) is -1.11. The van der Waals surface area contributed by atoms with Gasteiger partial charge in [0.15, 0.2) is 10.4 Å². The van der Waals surface area contributed by atoms with E-state index in [9.17, 15) is 9.59 Å². The first-order valence-electron chi connectivity index (χ1n) is 6.12. The van der Waals surface area contributed by atoms with Gasteiger partial charge >= 0.3 is 5.97 Å². The third kappa shape index (κ3) is 2.52. The van der Waals surface area contributed by atoms with Crippen LogP contribution in [-0.4, -0.2) is 29.6 Å². The first-order valence-corrected chi connectivity index (χ1v) is 6.91. The van der Waals surface area contributed by atoms with Crippen molar-refractivity contribution in [2.75, 3.05) is 11.4 Å². The summed E-state index contributed by atoms with van der Waals surface area (Å²) in [5, 5.41) is 9.14. The number of carbonyl (C=O) groups excluding carboxylic acids is 1. The van der Waals surface area contributed by atoms with E-state index in [1.165, 1.54) is 11.0 Å². The minimum atomic E-state index is -1.12. The predicted octanol–water partition coefficient (Wildman–Crippen LogP) is 2.53. The number of rotatable bonds is 2. The fourth-order valence-electron chi connectivity index (χ4n) is 2.12. The number of hydrogen-bond donors (Lipinski definition) is 1. The second-order valence-electron chi connectivity index (χ2n) is 4.43. The first-order chi connectivity index (χ1) is 10.1. The van der Waals surface area contributed by atoms with Gasteiger partial charge in [0.05, 0.1) is 12.2 Å². The molecule has 7 heteroatoms. The zero-order valence-electron chi connectivity index (χ0n) is 10.7. The molecule has 0 saturated carbocycles. The van der Waals surface area contributed by atoms with Gasteiger partial charge in [-0.25, -0.2) is 4.79 Å². The van der Waals surface area contributed by atoms with E-state index in [4.69, 9.17) is 14.3 Å². The Labute approximate surface area is 128 Å². The van der Waals surface area contributed by atoms with Gasteiger partial charge in [-0.1, -0.05) is 12.1 Å². The van der Waals surface area contributed by atoms with Crippen LogP contribution in [0.2, 0.25) is 0 Å². The van der Waals surface area contributed by atoms with Crippen LogP contribution in [0.1, 0.15) is 10.6 Å². The Balaban J connectivity index is 2.00. The number of carbonyl (C=O) groups is 2. The maximum absolute atomic E-state index is 12.5. The van der Waals surface area contributed by atoms with Gasteiger partial charge in [0.2, 0.25) is 6.10 Å². The van der Waals surface area contributed by atoms with Gasteiger partial charge in [-0.15, -0.1) is 0 Å². The highest BCUT2D eigenvalue weighted by atomic mass is 79.9. The molecule has 0 unspecified atom stereocenters. The number of ether oxygens (including phenoxy) is 1. The average molecular weight is 352 g/mol. The highest BCUT2D eigenvalue weighted by molar-refractivity contribution is 9.10. The molecule has 1 amide bonds. The van der Waals surface area contributed by atoms with Crippen LogP contribution in [-0.2, 0) is 4.79 Å². The molecular weight excluding hydrogens is 342 g/mol. The average Bonchev–Trinajstić information content (AvgIpc) is 2.92. The summed E-state index contributed by atoms with van der Waals surface area (Å²) in [5.41, 5.74) is 0.521. The monoisotopic (exact) mass is 351 g/mol. The quantitative estimate of drug-likeness (QED) is 0.899. The van der Waals surface area contributed by atoms with E-state index >= 15 is 0 Å². The summed E-state index contributed by atoms with van der Waals surface area (Å²) >= 11 is 3.14. The largest absolute Gasteiger partial charge is 0.478 e. The molecular formula is C14H10BrNO5. The molecule has 1 aliphatic heterocycles. The van der Waals surface area contributed by atoms with Crippen molar-refractivity contribution in [3.8, 4) is 5.75 Å². The van der Waals surface area contributed by atoms with Crippen LogP contribution in [0.3, 0.4) is 0 Å². The van der Waals surface area contributed by atoms with Crippen LogP contribution < -0.4 is 9.64 Å². The summed E-state index contributed by atoms with van der Waals surface area (Å²) in [7, 11) is 0. The number of anilines is 1. The van der Waals surface area contributed by atoms with Crippen LogP contribution >= 0.6 is 15.9 Å². The SMILES string of the molecule is O=C(O)[C@H]1CN(C(=O)c2ccc(Br)o2)c2ccccc2O1. The van der Waals surface area contributed by atoms with Crippen molar-refractivity contribution in [1.29, 1.82) is 0 Å². The van der Waals surface area contributed by atoms with Gasteiger partial charge in [0.25, 0.3) is 5.91 Å². The topological polar surface area (TPSA) is 80.0 Å². The van der Waals surface area contributed by atoms with E-state index in [1.807, 2.05) is 0 Å². The number of amides is 1. The number of carboxylic acids is 1. The van der Waals surface area contributed by atoms with E-state index in [0.717, 1.165) is 0 Å². The maximum atomic E-state index is 12.5. The van der Waals surface area contributed by atoms with E-state index in [0.29, 0.717) is 16.1 Å². The number of hydrogen-bond acceptors (Lipinski definition) is 4. The maximum Gasteiger partial charge on any atom is 0.346 e. The Morgan fingerprint density at radius 1 is 1.24 bits per heavy atom. The molecule has 1 aromatic heterocycles. The normalized spacial score (nSPS) is 17.0. The van der Waals surface area contributed by atoms with Crippen molar-refractivity contribution in [2.45, 2.75) is 6.10 Å². The molecule has 0 radical (unpaired) electrons. The lowest BCUT2D eigenvalue weighted by Crippen LogP contribution is -2.47. The fraction of sp³-hybridized carbons (Fsp3) is 0.143. The highest BCUT2D eigenvalue weighted by Gasteiger charge is 2.34. The van der Waals surface area contributed by atoms with Gasteiger partial charge in [-0.3, -0.25) is 9.69 Å². The number of furan rings is 1. The lowest BCUT2D eigenvalue weighted by Gasteiger charge is -2.32. The number of nitrogens with zero attached hydrogens (tertiary/aromatic N) is 1. The standard InChI is InChI=1S/C14H10BrNO5/c15-12-6-5-10(21-12)13(17)16-7-11(14(18)19)20-9-4-2-1-3-8(9)16/h1-6,11H,7H2,(H,18,19)/t11-/m1/s1.